The molecule has 0 saturated heterocycles. The van der Waals surface area contributed by atoms with E-state index >= 15 is 0 Å². The molecule has 0 fully saturated rings. The molecule has 5 radical (unpaired) electrons. The van der Waals surface area contributed by atoms with Gasteiger partial charge >= 0.3 is 0 Å². The van der Waals surface area contributed by atoms with Crippen molar-refractivity contribution in [1.82, 2.24) is 0 Å². The number of hydrogen-bond acceptors (Lipinski definition) is 0. The van der Waals surface area contributed by atoms with Gasteiger partial charge in [0.25, 0.3) is 0 Å². The molecule has 0 heteroatoms. The van der Waals surface area contributed by atoms with Gasteiger partial charge in [-0.15, -0.1) is 0 Å². The molecule has 0 nitrogen and oxygen atoms in total. The van der Waals surface area contributed by atoms with Crippen LogP contribution in [0.1, 0.15) is 19.3 Å². The molecular weight excluding hydrogens is 60.1 g/mol. The molecule has 0 heterocycles. The summed E-state index contributed by atoms with van der Waals surface area (Å²) >= 11 is 0. The average Bonchev–Trinajstić information content (AvgIpc) is 1.41. The molecule has 0 aromatic heterocycles. The van der Waals surface area contributed by atoms with Crippen LogP contribution >= 0.6 is 0 Å². The molecule has 0 aromatic carbocycles. The van der Waals surface area contributed by atoms with E-state index in [4.69, 9.17) is 13.8 Å². The first-order chi connectivity index (χ1) is 2.41. The molecule has 0 aliphatic carbocycles. The van der Waals surface area contributed by atoms with Gasteiger partial charge in [-0.05, 0) is 26.7 Å². The standard InChI is InChI=1S/C5H7/c1-3-5-4-2/h1H,3-5H2. The third-order valence-corrected chi connectivity index (χ3v) is 0.381. The van der Waals surface area contributed by atoms with Crippen molar-refractivity contribution in [3.8, 4) is 0 Å². The third-order valence-electron chi connectivity index (χ3n) is 0.381. The third kappa shape index (κ3) is 4.00. The van der Waals surface area contributed by atoms with Gasteiger partial charge in [0.1, 0.15) is 0 Å². The summed E-state index contributed by atoms with van der Waals surface area (Å²) < 4.78 is 0. The van der Waals surface area contributed by atoms with Crippen LogP contribution in [0.5, 0.6) is 0 Å². The highest BCUT2D eigenvalue weighted by Crippen LogP contribution is 1.87. The quantitative estimate of drug-likeness (QED) is 0.458. The topological polar surface area (TPSA) is 0 Å². The van der Waals surface area contributed by atoms with Crippen LogP contribution in [0.25, 0.3) is 0 Å². The molecule has 0 bridgehead atoms. The minimum Gasteiger partial charge on any atom is -0.0524 e. The van der Waals surface area contributed by atoms with Gasteiger partial charge in [0, 0.05) is 0 Å². The summed E-state index contributed by atoms with van der Waals surface area (Å²) in [6.45, 7) is 11.5. The fourth-order valence-corrected chi connectivity index (χ4v) is 0.102. The monoisotopic (exact) mass is 67.1 g/mol. The number of hydrogen-bond donors (Lipinski definition) is 0. The summed E-state index contributed by atoms with van der Waals surface area (Å²) in [6.07, 6.45) is 1.96. The van der Waals surface area contributed by atoms with Crippen molar-refractivity contribution in [3.63, 3.8) is 0 Å². The van der Waals surface area contributed by atoms with E-state index in [2.05, 4.69) is 0 Å². The number of rotatable bonds is 2. The first kappa shape index (κ1) is 5.00. The zero-order valence-electron chi connectivity index (χ0n) is 3.20. The van der Waals surface area contributed by atoms with Crippen LogP contribution in [0.3, 0.4) is 0 Å². The van der Waals surface area contributed by atoms with Crippen molar-refractivity contribution in [3.05, 3.63) is 13.8 Å². The van der Waals surface area contributed by atoms with Crippen molar-refractivity contribution in [2.24, 2.45) is 0 Å². The van der Waals surface area contributed by atoms with E-state index in [1.54, 1.807) is 0 Å². The Bertz CT molecular complexity index is 7.51. The lowest BCUT2D eigenvalue weighted by Crippen LogP contribution is -1.60. The highest BCUT2D eigenvalue weighted by molar-refractivity contribution is 4.41. The van der Waals surface area contributed by atoms with E-state index < -0.39 is 0 Å². The molecular formula is C5H7. The highest BCUT2D eigenvalue weighted by Gasteiger charge is 1.69. The predicted molar refractivity (Wildman–Crippen MR) is 21.4 cm³/mol. The number of unbranched alkanes of at least 4 members (excludes halogenated alkanes) is 2. The smallest absolute Gasteiger partial charge is 0.00936 e. The summed E-state index contributed by atoms with van der Waals surface area (Å²) in [5.41, 5.74) is 0. The van der Waals surface area contributed by atoms with E-state index in [0.29, 0.717) is 12.8 Å². The van der Waals surface area contributed by atoms with Gasteiger partial charge in [-0.1, -0.05) is 6.42 Å². The molecule has 0 amide bonds. The molecule has 0 aliphatic rings. The summed E-state index contributed by atoms with van der Waals surface area (Å²) in [4.78, 5) is 0. The maximum Gasteiger partial charge on any atom is -0.00936 e. The van der Waals surface area contributed by atoms with Crippen molar-refractivity contribution in [2.45, 2.75) is 19.3 Å². The zero-order valence-corrected chi connectivity index (χ0v) is 3.20. The van der Waals surface area contributed by atoms with Gasteiger partial charge in [0.2, 0.25) is 0 Å². The molecule has 0 spiro atoms. The van der Waals surface area contributed by atoms with Crippen LogP contribution in [0, 0.1) is 13.8 Å². The summed E-state index contributed by atoms with van der Waals surface area (Å²) in [5, 5.41) is 0. The molecule has 0 unspecified atom stereocenters. The Balaban J connectivity index is 2.19. The summed E-state index contributed by atoms with van der Waals surface area (Å²) in [6, 6.07) is 0. The van der Waals surface area contributed by atoms with E-state index in [0.717, 1.165) is 6.42 Å². The van der Waals surface area contributed by atoms with Crippen molar-refractivity contribution in [1.29, 1.82) is 0 Å². The maximum absolute atomic E-state index is 6.52. The second-order valence-corrected chi connectivity index (χ2v) is 0.892. The second kappa shape index (κ2) is 4.00. The van der Waals surface area contributed by atoms with Crippen LogP contribution in [0.4, 0.5) is 0 Å². The average molecular weight is 67.1 g/mol. The van der Waals surface area contributed by atoms with Crippen molar-refractivity contribution in [2.75, 3.05) is 0 Å². The van der Waals surface area contributed by atoms with Crippen LogP contribution in [0.2, 0.25) is 0 Å². The minimum atomic E-state index is 0.469. The summed E-state index contributed by atoms with van der Waals surface area (Å²) in [5.74, 6) is 0. The minimum absolute atomic E-state index is 0.469. The Morgan fingerprint density at radius 3 is 2.20 bits per heavy atom. The van der Waals surface area contributed by atoms with Crippen LogP contribution in [-0.4, -0.2) is 0 Å². The van der Waals surface area contributed by atoms with Gasteiger partial charge in [0.15, 0.2) is 0 Å². The van der Waals surface area contributed by atoms with Crippen molar-refractivity contribution < 1.29 is 0 Å². The molecule has 0 N–H and O–H groups in total. The Morgan fingerprint density at radius 2 is 2.20 bits per heavy atom. The van der Waals surface area contributed by atoms with Crippen LogP contribution in [-0.2, 0) is 0 Å². The predicted octanol–water partition coefficient (Wildman–Crippen LogP) is 1.46. The van der Waals surface area contributed by atoms with E-state index in [9.17, 15) is 0 Å². The first-order valence-corrected chi connectivity index (χ1v) is 1.76. The summed E-state index contributed by atoms with van der Waals surface area (Å²) in [7, 11) is 0. The van der Waals surface area contributed by atoms with Crippen LogP contribution < -0.4 is 0 Å². The molecule has 0 rings (SSSR count). The molecule has 0 aromatic rings. The Kier molecular flexibility index (Phi) is 4.00. The molecule has 5 heavy (non-hydrogen) atoms. The maximum atomic E-state index is 6.52. The van der Waals surface area contributed by atoms with Gasteiger partial charge in [0.05, 0.1) is 0 Å². The molecule has 0 saturated carbocycles. The van der Waals surface area contributed by atoms with Crippen LogP contribution in [0.15, 0.2) is 0 Å². The highest BCUT2D eigenvalue weighted by atomic mass is 13.7. The molecule has 0 atom stereocenters. The largest absolute Gasteiger partial charge is 0.0524 e. The first-order valence-electron chi connectivity index (χ1n) is 1.76. The lowest BCUT2D eigenvalue weighted by molar-refractivity contribution is 0.864. The fourth-order valence-electron chi connectivity index (χ4n) is 0.102. The lowest BCUT2D eigenvalue weighted by Gasteiger charge is -1.78. The normalized spacial score (nSPS) is 8.40. The van der Waals surface area contributed by atoms with Gasteiger partial charge in [-0.2, -0.15) is 0 Å². The lowest BCUT2D eigenvalue weighted by atomic mass is 10.3. The van der Waals surface area contributed by atoms with E-state index in [1.165, 1.54) is 0 Å². The fraction of sp³-hybridized carbons (Fsp3) is 0.600. The van der Waals surface area contributed by atoms with E-state index in [1.807, 2.05) is 0 Å². The molecule has 0 aliphatic heterocycles. The van der Waals surface area contributed by atoms with Gasteiger partial charge in [-0.3, -0.25) is 0 Å². The SMILES string of the molecule is [C]CCC[CH]. The van der Waals surface area contributed by atoms with E-state index in [-0.39, 0.29) is 0 Å². The Hall–Kier alpha value is 0. The Morgan fingerprint density at radius 1 is 1.60 bits per heavy atom. The molecule has 27 valence electrons. The van der Waals surface area contributed by atoms with Gasteiger partial charge < -0.3 is 0 Å². The van der Waals surface area contributed by atoms with Gasteiger partial charge in [-0.25, -0.2) is 0 Å². The second-order valence-electron chi connectivity index (χ2n) is 0.892. The zero-order chi connectivity index (χ0) is 4.12. The Labute approximate surface area is 34.2 Å². The van der Waals surface area contributed by atoms with Crippen molar-refractivity contribution >= 4 is 0 Å².